The largest absolute Gasteiger partial charge is 0.391 e. The lowest BCUT2D eigenvalue weighted by Crippen LogP contribution is -2.43. The smallest absolute Gasteiger partial charge is 0.236 e. The van der Waals surface area contributed by atoms with Gasteiger partial charge in [-0.2, -0.15) is 0 Å². The molecule has 2 rings (SSSR count). The van der Waals surface area contributed by atoms with Crippen molar-refractivity contribution in [2.24, 2.45) is 0 Å². The fourth-order valence-corrected chi connectivity index (χ4v) is 2.53. The first-order valence-corrected chi connectivity index (χ1v) is 6.74. The second kappa shape index (κ2) is 6.17. The van der Waals surface area contributed by atoms with Crippen LogP contribution in [-0.2, 0) is 11.2 Å². The number of nitrogens with zero attached hydrogens (tertiary/aromatic N) is 2. The Labute approximate surface area is 114 Å². The van der Waals surface area contributed by atoms with Gasteiger partial charge in [-0.1, -0.05) is 30.3 Å². The Bertz CT molecular complexity index is 419. The lowest BCUT2D eigenvalue weighted by Gasteiger charge is -2.26. The van der Waals surface area contributed by atoms with E-state index < -0.39 is 0 Å². The minimum Gasteiger partial charge on any atom is -0.391 e. The second-order valence-electron chi connectivity index (χ2n) is 5.37. The van der Waals surface area contributed by atoms with E-state index in [1.165, 1.54) is 5.56 Å². The Hall–Kier alpha value is -1.39. The van der Waals surface area contributed by atoms with Crippen molar-refractivity contribution < 1.29 is 9.90 Å². The maximum Gasteiger partial charge on any atom is 0.236 e. The van der Waals surface area contributed by atoms with Crippen molar-refractivity contribution in [2.45, 2.75) is 25.0 Å². The number of amides is 1. The summed E-state index contributed by atoms with van der Waals surface area (Å²) in [5, 5.41) is 10.1. The maximum absolute atomic E-state index is 11.8. The summed E-state index contributed by atoms with van der Waals surface area (Å²) in [7, 11) is 3.53. The molecule has 0 aliphatic carbocycles. The minimum atomic E-state index is -0.338. The molecule has 1 heterocycles. The van der Waals surface area contributed by atoms with Crippen molar-refractivity contribution in [3.8, 4) is 0 Å². The fourth-order valence-electron chi connectivity index (χ4n) is 2.53. The van der Waals surface area contributed by atoms with Crippen molar-refractivity contribution in [2.75, 3.05) is 27.2 Å². The van der Waals surface area contributed by atoms with Gasteiger partial charge in [-0.05, 0) is 18.4 Å². The molecular formula is C15H22N2O2. The van der Waals surface area contributed by atoms with Gasteiger partial charge in [-0.15, -0.1) is 0 Å². The van der Waals surface area contributed by atoms with Gasteiger partial charge >= 0.3 is 0 Å². The molecule has 1 amide bonds. The highest BCUT2D eigenvalue weighted by atomic mass is 16.3. The molecule has 1 fully saturated rings. The van der Waals surface area contributed by atoms with E-state index in [-0.39, 0.29) is 18.1 Å². The van der Waals surface area contributed by atoms with Gasteiger partial charge in [0.05, 0.1) is 12.6 Å². The van der Waals surface area contributed by atoms with Crippen LogP contribution in [0.25, 0.3) is 0 Å². The molecule has 1 aliphatic heterocycles. The highest BCUT2D eigenvalue weighted by Gasteiger charge is 2.33. The fraction of sp³-hybridized carbons (Fsp3) is 0.533. The summed E-state index contributed by atoms with van der Waals surface area (Å²) in [4.78, 5) is 15.5. The predicted molar refractivity (Wildman–Crippen MR) is 74.8 cm³/mol. The Morgan fingerprint density at radius 1 is 1.37 bits per heavy atom. The average Bonchev–Trinajstić information content (AvgIpc) is 2.72. The second-order valence-corrected chi connectivity index (χ2v) is 5.37. The van der Waals surface area contributed by atoms with Crippen molar-refractivity contribution >= 4 is 5.91 Å². The summed E-state index contributed by atoms with van der Waals surface area (Å²) in [5.74, 6) is 0.0900. The molecule has 104 valence electrons. The third-order valence-electron chi connectivity index (χ3n) is 3.75. The Morgan fingerprint density at radius 3 is 2.68 bits per heavy atom. The van der Waals surface area contributed by atoms with Crippen LogP contribution in [0.3, 0.4) is 0 Å². The molecule has 0 bridgehead atoms. The summed E-state index contributed by atoms with van der Waals surface area (Å²) in [6.07, 6.45) is 1.20. The zero-order chi connectivity index (χ0) is 13.8. The molecule has 1 aliphatic rings. The number of likely N-dealkylation sites (N-methyl/N-ethyl adjacent to an activating group) is 1. The van der Waals surface area contributed by atoms with Gasteiger partial charge in [0.15, 0.2) is 0 Å². The van der Waals surface area contributed by atoms with Crippen molar-refractivity contribution in [3.63, 3.8) is 0 Å². The maximum atomic E-state index is 11.8. The van der Waals surface area contributed by atoms with E-state index in [2.05, 4.69) is 17.0 Å². The van der Waals surface area contributed by atoms with Crippen LogP contribution in [0.2, 0.25) is 0 Å². The van der Waals surface area contributed by atoms with Gasteiger partial charge in [0.1, 0.15) is 0 Å². The molecule has 0 spiro atoms. The summed E-state index contributed by atoms with van der Waals surface area (Å²) in [5.41, 5.74) is 1.20. The lowest BCUT2D eigenvalue weighted by atomic mass is 10.0. The van der Waals surface area contributed by atoms with E-state index in [0.29, 0.717) is 6.54 Å². The monoisotopic (exact) mass is 262 g/mol. The van der Waals surface area contributed by atoms with E-state index in [4.69, 9.17) is 0 Å². The molecule has 1 aromatic carbocycles. The first-order chi connectivity index (χ1) is 9.08. The molecule has 4 nitrogen and oxygen atoms in total. The zero-order valence-corrected chi connectivity index (χ0v) is 11.6. The van der Waals surface area contributed by atoms with Crippen LogP contribution >= 0.6 is 0 Å². The molecule has 1 aromatic rings. The van der Waals surface area contributed by atoms with Gasteiger partial charge < -0.3 is 10.0 Å². The predicted octanol–water partition coefficient (Wildman–Crippen LogP) is 0.752. The summed E-state index contributed by atoms with van der Waals surface area (Å²) < 4.78 is 0. The molecule has 4 heteroatoms. The number of carbonyl (C=O) groups excluding carboxylic acids is 1. The van der Waals surface area contributed by atoms with Gasteiger partial charge in [0.2, 0.25) is 5.91 Å². The molecule has 0 radical (unpaired) electrons. The zero-order valence-electron chi connectivity index (χ0n) is 11.6. The molecule has 0 aromatic heterocycles. The van der Waals surface area contributed by atoms with E-state index in [0.717, 1.165) is 19.4 Å². The summed E-state index contributed by atoms with van der Waals surface area (Å²) in [6, 6.07) is 10.2. The van der Waals surface area contributed by atoms with E-state index in [1.54, 1.807) is 19.0 Å². The van der Waals surface area contributed by atoms with Crippen molar-refractivity contribution in [1.29, 1.82) is 0 Å². The minimum absolute atomic E-state index is 0.0475. The standard InChI is InChI=1S/C15H22N2O2/c1-16(2)15(19)11-17-9-8-14(18)13(17)10-12-6-4-3-5-7-12/h3-7,13-14,18H,8-11H2,1-2H3/t13-,14+/m0/s1. The Morgan fingerprint density at radius 2 is 2.05 bits per heavy atom. The first-order valence-electron chi connectivity index (χ1n) is 6.74. The molecule has 0 saturated carbocycles. The van der Waals surface area contributed by atoms with Gasteiger partial charge in [0, 0.05) is 26.7 Å². The van der Waals surface area contributed by atoms with E-state index >= 15 is 0 Å². The van der Waals surface area contributed by atoms with Crippen molar-refractivity contribution in [1.82, 2.24) is 9.80 Å². The molecule has 1 N–H and O–H groups in total. The van der Waals surface area contributed by atoms with E-state index in [1.807, 2.05) is 18.2 Å². The number of hydrogen-bond donors (Lipinski definition) is 1. The molecule has 19 heavy (non-hydrogen) atoms. The number of carbonyl (C=O) groups is 1. The Kier molecular flexibility index (Phi) is 4.56. The lowest BCUT2D eigenvalue weighted by molar-refractivity contribution is -0.130. The van der Waals surface area contributed by atoms with Gasteiger partial charge in [-0.3, -0.25) is 9.69 Å². The number of hydrogen-bond acceptors (Lipinski definition) is 3. The quantitative estimate of drug-likeness (QED) is 0.871. The molecule has 0 unspecified atom stereocenters. The molecular weight excluding hydrogens is 240 g/mol. The van der Waals surface area contributed by atoms with Crippen LogP contribution in [0.5, 0.6) is 0 Å². The van der Waals surface area contributed by atoms with Gasteiger partial charge in [-0.25, -0.2) is 0 Å². The third kappa shape index (κ3) is 3.55. The molecule has 1 saturated heterocycles. The third-order valence-corrected chi connectivity index (χ3v) is 3.75. The number of likely N-dealkylation sites (tertiary alicyclic amines) is 1. The summed E-state index contributed by atoms with van der Waals surface area (Å²) >= 11 is 0. The highest BCUT2D eigenvalue weighted by molar-refractivity contribution is 5.77. The Balaban J connectivity index is 2.01. The highest BCUT2D eigenvalue weighted by Crippen LogP contribution is 2.21. The van der Waals surface area contributed by atoms with Crippen LogP contribution < -0.4 is 0 Å². The van der Waals surface area contributed by atoms with Crippen molar-refractivity contribution in [3.05, 3.63) is 35.9 Å². The first kappa shape index (κ1) is 14.0. The average molecular weight is 262 g/mol. The molecule has 2 atom stereocenters. The normalized spacial score (nSPS) is 23.5. The van der Waals surface area contributed by atoms with E-state index in [9.17, 15) is 9.90 Å². The van der Waals surface area contributed by atoms with Gasteiger partial charge in [0.25, 0.3) is 0 Å². The number of benzene rings is 1. The van der Waals surface area contributed by atoms with Crippen LogP contribution in [0, 0.1) is 0 Å². The van der Waals surface area contributed by atoms with Crippen LogP contribution in [0.4, 0.5) is 0 Å². The number of rotatable bonds is 4. The number of aliphatic hydroxyl groups is 1. The van der Waals surface area contributed by atoms with Crippen LogP contribution in [0.1, 0.15) is 12.0 Å². The SMILES string of the molecule is CN(C)C(=O)CN1CC[C@@H](O)[C@@H]1Cc1ccccc1. The van der Waals surface area contributed by atoms with Crippen LogP contribution in [0.15, 0.2) is 30.3 Å². The summed E-state index contributed by atoms with van der Waals surface area (Å²) in [6.45, 7) is 1.18. The number of aliphatic hydroxyl groups excluding tert-OH is 1. The topological polar surface area (TPSA) is 43.8 Å². The van der Waals surface area contributed by atoms with Crippen LogP contribution in [-0.4, -0.2) is 60.1 Å².